The van der Waals surface area contributed by atoms with Gasteiger partial charge in [-0.1, -0.05) is 12.8 Å². The summed E-state index contributed by atoms with van der Waals surface area (Å²) < 4.78 is 0. The van der Waals surface area contributed by atoms with Crippen LogP contribution in [0.2, 0.25) is 0 Å². The first-order valence-corrected chi connectivity index (χ1v) is 3.96. The topological polar surface area (TPSA) is 12.0 Å². The van der Waals surface area contributed by atoms with Crippen molar-refractivity contribution in [1.29, 1.82) is 0 Å². The van der Waals surface area contributed by atoms with Crippen molar-refractivity contribution >= 4 is 0 Å². The van der Waals surface area contributed by atoms with Crippen LogP contribution in [0.15, 0.2) is 0 Å². The van der Waals surface area contributed by atoms with Gasteiger partial charge < -0.3 is 12.7 Å². The summed E-state index contributed by atoms with van der Waals surface area (Å²) >= 11 is 0. The Morgan fingerprint density at radius 1 is 1.18 bits per heavy atom. The predicted octanol–water partition coefficient (Wildman–Crippen LogP) is -0.844. The van der Waals surface area contributed by atoms with Crippen molar-refractivity contribution in [2.75, 3.05) is 6.54 Å². The maximum Gasteiger partial charge on any atom is 1.00 e. The van der Waals surface area contributed by atoms with Crippen molar-refractivity contribution in [3.63, 3.8) is 0 Å². The summed E-state index contributed by atoms with van der Waals surface area (Å²) in [5.41, 5.74) is 0.722. The van der Waals surface area contributed by atoms with E-state index in [1.807, 2.05) is 0 Å². The average molecular weight is 178 g/mol. The molecular weight excluding hydrogens is 161 g/mol. The Hall–Kier alpha value is 1.60. The Bertz CT molecular complexity index is 84.6. The molecule has 11 heavy (non-hydrogen) atoms. The third-order valence-electron chi connectivity index (χ3n) is 2.82. The molecule has 1 saturated carbocycles. The van der Waals surface area contributed by atoms with E-state index in [4.69, 9.17) is 0 Å². The second-order valence-corrected chi connectivity index (χ2v) is 3.50. The molecule has 1 aliphatic carbocycles. The molecule has 0 radical (unpaired) electrons. The summed E-state index contributed by atoms with van der Waals surface area (Å²) in [6.45, 7) is 3.50. The Morgan fingerprint density at radius 3 is 2.27 bits per heavy atom. The van der Waals surface area contributed by atoms with Gasteiger partial charge in [-0.15, -0.1) is 0 Å². The van der Waals surface area contributed by atoms with Gasteiger partial charge >= 0.3 is 51.4 Å². The Labute approximate surface area is 113 Å². The Kier molecular flexibility index (Phi) is 6.13. The maximum absolute atomic E-state index is 3.33. The van der Waals surface area contributed by atoms with E-state index >= 15 is 0 Å². The van der Waals surface area contributed by atoms with Gasteiger partial charge in [-0.2, -0.15) is 6.42 Å². The summed E-state index contributed by atoms with van der Waals surface area (Å²) in [6, 6.07) is 0. The molecule has 0 aromatic carbocycles. The van der Waals surface area contributed by atoms with Gasteiger partial charge in [0.25, 0.3) is 0 Å². The normalized spacial score (nSPS) is 26.2. The van der Waals surface area contributed by atoms with Crippen LogP contribution in [0.1, 0.15) is 32.1 Å². The van der Waals surface area contributed by atoms with Crippen LogP contribution in [0.25, 0.3) is 0 Å². The summed E-state index contributed by atoms with van der Waals surface area (Å²) in [5, 5.41) is 3.33. The molecule has 1 aliphatic heterocycles. The minimum atomic E-state index is 0. The van der Waals surface area contributed by atoms with Crippen molar-refractivity contribution in [1.82, 2.24) is 5.32 Å². The first-order chi connectivity index (χ1) is 4.41. The number of nitrogens with one attached hydrogen (secondary N) is 1. The number of hydrogen-bond donors (Lipinski definition) is 1. The van der Waals surface area contributed by atoms with Crippen molar-refractivity contribution in [3.8, 4) is 0 Å². The van der Waals surface area contributed by atoms with E-state index in [2.05, 4.69) is 11.9 Å². The first-order valence-electron chi connectivity index (χ1n) is 3.96. The molecule has 0 amide bonds. The van der Waals surface area contributed by atoms with E-state index in [9.17, 15) is 0 Å². The van der Waals surface area contributed by atoms with Crippen LogP contribution in [0, 0.1) is 19.4 Å². The summed E-state index contributed by atoms with van der Waals surface area (Å²) in [4.78, 5) is 0. The summed E-state index contributed by atoms with van der Waals surface area (Å²) in [5.74, 6) is 0. The molecule has 0 aromatic heterocycles. The van der Waals surface area contributed by atoms with E-state index < -0.39 is 0 Å². The zero-order chi connectivity index (χ0) is 6.16. The van der Waals surface area contributed by atoms with Crippen LogP contribution < -0.4 is 56.7 Å². The minimum absolute atomic E-state index is 0. The Balaban J connectivity index is 0.000000500. The zero-order valence-corrected chi connectivity index (χ0v) is 10.9. The standard InChI is InChI=1S/C8H14N.CH3.K/c1-2-4-8(3-1)5-6-9-7-8;;/h6,9H,1-5,7H2;1H3;/q2*-1;+1. The maximum atomic E-state index is 3.33. The largest absolute Gasteiger partial charge is 1.00 e. The second kappa shape index (κ2) is 5.35. The molecule has 2 rings (SSSR count). The van der Waals surface area contributed by atoms with Gasteiger partial charge in [0.15, 0.2) is 0 Å². The van der Waals surface area contributed by atoms with E-state index in [1.54, 1.807) is 0 Å². The van der Waals surface area contributed by atoms with Crippen LogP contribution >= 0.6 is 0 Å². The van der Waals surface area contributed by atoms with Crippen molar-refractivity contribution in [2.45, 2.75) is 32.1 Å². The van der Waals surface area contributed by atoms with Gasteiger partial charge in [0.05, 0.1) is 0 Å². The van der Waals surface area contributed by atoms with E-state index in [1.165, 1.54) is 38.6 Å². The van der Waals surface area contributed by atoms with Crippen LogP contribution in [0.3, 0.4) is 0 Å². The molecule has 2 aliphatic rings. The molecule has 1 spiro atoms. The third-order valence-corrected chi connectivity index (χ3v) is 2.82. The van der Waals surface area contributed by atoms with Gasteiger partial charge in [-0.3, -0.25) is 6.54 Å². The van der Waals surface area contributed by atoms with Crippen molar-refractivity contribution < 1.29 is 51.4 Å². The van der Waals surface area contributed by atoms with Gasteiger partial charge in [0.2, 0.25) is 0 Å². The second-order valence-electron chi connectivity index (χ2n) is 3.50. The monoisotopic (exact) mass is 178 g/mol. The SMILES string of the molecule is [CH-]1CC2(CCCC2)CN1.[CH3-].[K+]. The van der Waals surface area contributed by atoms with Crippen molar-refractivity contribution in [3.05, 3.63) is 14.0 Å². The van der Waals surface area contributed by atoms with Crippen LogP contribution in [-0.4, -0.2) is 6.54 Å². The molecule has 60 valence electrons. The zero-order valence-electron chi connectivity index (χ0n) is 7.82. The number of rotatable bonds is 0. The van der Waals surface area contributed by atoms with Gasteiger partial charge in [-0.05, 0) is 24.8 Å². The first kappa shape index (κ1) is 12.6. The van der Waals surface area contributed by atoms with Crippen molar-refractivity contribution in [2.24, 2.45) is 5.41 Å². The molecule has 1 N–H and O–H groups in total. The summed E-state index contributed by atoms with van der Waals surface area (Å²) in [7, 11) is 0. The van der Waals surface area contributed by atoms with Gasteiger partial charge in [0, 0.05) is 0 Å². The van der Waals surface area contributed by atoms with Crippen LogP contribution in [0.4, 0.5) is 0 Å². The fourth-order valence-corrected chi connectivity index (χ4v) is 2.16. The molecule has 2 fully saturated rings. The quantitative estimate of drug-likeness (QED) is 0.377. The number of hydrogen-bond acceptors (Lipinski definition) is 1. The fraction of sp³-hybridized carbons (Fsp3) is 0.778. The van der Waals surface area contributed by atoms with Crippen LogP contribution in [-0.2, 0) is 0 Å². The average Bonchev–Trinajstić information content (AvgIpc) is 2.45. The molecule has 0 bridgehead atoms. The fourth-order valence-electron chi connectivity index (χ4n) is 2.16. The minimum Gasteiger partial charge on any atom is -0.469 e. The third kappa shape index (κ3) is 2.78. The van der Waals surface area contributed by atoms with E-state index in [0.29, 0.717) is 0 Å². The van der Waals surface area contributed by atoms with Crippen LogP contribution in [0.5, 0.6) is 0 Å². The molecule has 1 saturated heterocycles. The molecule has 0 aromatic rings. The Morgan fingerprint density at radius 2 is 1.82 bits per heavy atom. The van der Waals surface area contributed by atoms with E-state index in [0.717, 1.165) is 5.41 Å². The van der Waals surface area contributed by atoms with E-state index in [-0.39, 0.29) is 58.8 Å². The molecular formula is C9H17KN-. The molecule has 2 heteroatoms. The smallest absolute Gasteiger partial charge is 0.469 e. The molecule has 0 atom stereocenters. The predicted molar refractivity (Wildman–Crippen MR) is 44.2 cm³/mol. The van der Waals surface area contributed by atoms with Gasteiger partial charge in [0.1, 0.15) is 0 Å². The molecule has 0 unspecified atom stereocenters. The summed E-state index contributed by atoms with van der Waals surface area (Å²) in [6.07, 6.45) is 7.20. The molecule has 1 nitrogen and oxygen atoms in total. The van der Waals surface area contributed by atoms with Gasteiger partial charge in [-0.25, -0.2) is 0 Å². The molecule has 1 heterocycles.